The summed E-state index contributed by atoms with van der Waals surface area (Å²) in [5.74, 6) is 0.701. The third-order valence-corrected chi connectivity index (χ3v) is 6.21. The summed E-state index contributed by atoms with van der Waals surface area (Å²) in [6.45, 7) is 3.63. The Labute approximate surface area is 155 Å². The molecule has 25 heavy (non-hydrogen) atoms. The van der Waals surface area contributed by atoms with Gasteiger partial charge in [0, 0.05) is 10.7 Å². The van der Waals surface area contributed by atoms with Crippen molar-refractivity contribution in [3.05, 3.63) is 51.8 Å². The van der Waals surface area contributed by atoms with Gasteiger partial charge in [0.05, 0.1) is 5.69 Å². The Morgan fingerprint density at radius 1 is 1.08 bits per heavy atom. The van der Waals surface area contributed by atoms with Gasteiger partial charge in [0.15, 0.2) is 0 Å². The molecule has 134 valence electrons. The van der Waals surface area contributed by atoms with Crippen LogP contribution in [0.1, 0.15) is 60.5 Å². The van der Waals surface area contributed by atoms with Gasteiger partial charge in [-0.3, -0.25) is 5.10 Å². The van der Waals surface area contributed by atoms with Crippen LogP contribution in [0.15, 0.2) is 24.3 Å². The number of aromatic nitrogens is 2. The molecule has 1 saturated heterocycles. The molecule has 1 aromatic carbocycles. The maximum Gasteiger partial charge on any atom is 0.0657 e. The topological polar surface area (TPSA) is 31.9 Å². The molecular formula is C21H28ClN3. The molecule has 3 nitrogen and oxygen atoms in total. The maximum atomic E-state index is 6.00. The fraction of sp³-hybridized carbons (Fsp3) is 0.571. The summed E-state index contributed by atoms with van der Waals surface area (Å²) < 4.78 is 0. The van der Waals surface area contributed by atoms with Crippen LogP contribution >= 0.6 is 11.6 Å². The number of H-pyrrole nitrogens is 1. The van der Waals surface area contributed by atoms with Crippen molar-refractivity contribution in [2.24, 2.45) is 0 Å². The SMILES string of the molecule is Clc1ccc(C2CCN(CCCc3n[nH]c4c3CCCC4)CC2)cc1. The number of likely N-dealkylation sites (tertiary alicyclic amines) is 1. The molecular weight excluding hydrogens is 330 g/mol. The Kier molecular flexibility index (Phi) is 5.42. The Morgan fingerprint density at radius 3 is 2.64 bits per heavy atom. The summed E-state index contributed by atoms with van der Waals surface area (Å²) in [6, 6.07) is 8.44. The van der Waals surface area contributed by atoms with E-state index in [-0.39, 0.29) is 0 Å². The van der Waals surface area contributed by atoms with E-state index in [1.165, 1.54) is 87.1 Å². The highest BCUT2D eigenvalue weighted by molar-refractivity contribution is 6.30. The second-order valence-electron chi connectivity index (χ2n) is 7.61. The molecule has 4 rings (SSSR count). The van der Waals surface area contributed by atoms with Crippen molar-refractivity contribution >= 4 is 11.6 Å². The van der Waals surface area contributed by atoms with E-state index in [1.54, 1.807) is 0 Å². The van der Waals surface area contributed by atoms with Gasteiger partial charge in [0.1, 0.15) is 0 Å². The number of aryl methyl sites for hydroxylation is 2. The second kappa shape index (κ2) is 7.92. The van der Waals surface area contributed by atoms with E-state index in [2.05, 4.69) is 27.2 Å². The lowest BCUT2D eigenvalue weighted by Crippen LogP contribution is -2.33. The quantitative estimate of drug-likeness (QED) is 0.837. The van der Waals surface area contributed by atoms with E-state index < -0.39 is 0 Å². The molecule has 2 aliphatic rings. The highest BCUT2D eigenvalue weighted by Gasteiger charge is 2.21. The van der Waals surface area contributed by atoms with Gasteiger partial charge in [-0.15, -0.1) is 0 Å². The number of nitrogens with one attached hydrogen (secondary N) is 1. The fourth-order valence-corrected chi connectivity index (χ4v) is 4.58. The Balaban J connectivity index is 1.23. The molecule has 4 heteroatoms. The van der Waals surface area contributed by atoms with Crippen molar-refractivity contribution < 1.29 is 0 Å². The molecule has 2 aromatic rings. The molecule has 0 saturated carbocycles. The van der Waals surface area contributed by atoms with Crippen LogP contribution in [-0.4, -0.2) is 34.7 Å². The first kappa shape index (κ1) is 17.1. The minimum Gasteiger partial charge on any atom is -0.303 e. The Morgan fingerprint density at radius 2 is 1.84 bits per heavy atom. The summed E-state index contributed by atoms with van der Waals surface area (Å²) in [7, 11) is 0. The third-order valence-electron chi connectivity index (χ3n) is 5.96. The number of benzene rings is 1. The molecule has 0 bridgehead atoms. The molecule has 2 heterocycles. The summed E-state index contributed by atoms with van der Waals surface area (Å²) in [5, 5.41) is 8.69. The second-order valence-corrected chi connectivity index (χ2v) is 8.04. The molecule has 1 fully saturated rings. The molecule has 0 amide bonds. The summed E-state index contributed by atoms with van der Waals surface area (Å²) in [5.41, 5.74) is 5.73. The first-order valence-electron chi connectivity index (χ1n) is 9.82. The van der Waals surface area contributed by atoms with E-state index in [1.807, 2.05) is 12.1 Å². The van der Waals surface area contributed by atoms with Crippen molar-refractivity contribution in [2.45, 2.75) is 57.3 Å². The monoisotopic (exact) mass is 357 g/mol. The lowest BCUT2D eigenvalue weighted by molar-refractivity contribution is 0.210. The van der Waals surface area contributed by atoms with Gasteiger partial charge in [-0.2, -0.15) is 5.10 Å². The first-order chi connectivity index (χ1) is 12.3. The van der Waals surface area contributed by atoms with Gasteiger partial charge < -0.3 is 4.90 Å². The van der Waals surface area contributed by atoms with Crippen molar-refractivity contribution in [1.29, 1.82) is 0 Å². The number of hydrogen-bond acceptors (Lipinski definition) is 2. The minimum atomic E-state index is 0.701. The van der Waals surface area contributed by atoms with Gasteiger partial charge >= 0.3 is 0 Å². The van der Waals surface area contributed by atoms with Gasteiger partial charge in [-0.1, -0.05) is 23.7 Å². The standard InChI is InChI=1S/C21H28ClN3/c22-18-9-7-16(8-10-18)17-11-14-25(15-12-17)13-3-6-21-19-4-1-2-5-20(19)23-24-21/h7-10,17H,1-6,11-15H2,(H,23,24). The van der Waals surface area contributed by atoms with Gasteiger partial charge in [-0.05, 0) is 100 Å². The van der Waals surface area contributed by atoms with E-state index >= 15 is 0 Å². The normalized spacial score (nSPS) is 19.1. The average molecular weight is 358 g/mol. The Bertz CT molecular complexity index is 684. The zero-order chi connectivity index (χ0) is 17.1. The van der Waals surface area contributed by atoms with E-state index in [4.69, 9.17) is 11.6 Å². The number of aromatic amines is 1. The van der Waals surface area contributed by atoms with Crippen LogP contribution in [0.2, 0.25) is 5.02 Å². The molecule has 1 aliphatic heterocycles. The highest BCUT2D eigenvalue weighted by atomic mass is 35.5. The molecule has 0 unspecified atom stereocenters. The predicted octanol–water partition coefficient (Wildman–Crippen LogP) is 4.75. The first-order valence-corrected chi connectivity index (χ1v) is 10.2. The summed E-state index contributed by atoms with van der Waals surface area (Å²) >= 11 is 6.00. The number of fused-ring (bicyclic) bond motifs is 1. The molecule has 1 N–H and O–H groups in total. The van der Waals surface area contributed by atoms with Crippen molar-refractivity contribution in [3.63, 3.8) is 0 Å². The highest BCUT2D eigenvalue weighted by Crippen LogP contribution is 2.29. The van der Waals surface area contributed by atoms with E-state index in [9.17, 15) is 0 Å². The number of nitrogens with zero attached hydrogens (tertiary/aromatic N) is 2. The number of halogens is 1. The maximum absolute atomic E-state index is 6.00. The lowest BCUT2D eigenvalue weighted by atomic mass is 9.89. The number of rotatable bonds is 5. The smallest absolute Gasteiger partial charge is 0.0657 e. The molecule has 1 aliphatic carbocycles. The molecule has 1 aromatic heterocycles. The van der Waals surface area contributed by atoms with Crippen molar-refractivity contribution in [2.75, 3.05) is 19.6 Å². The molecule has 0 radical (unpaired) electrons. The summed E-state index contributed by atoms with van der Waals surface area (Å²) in [4.78, 5) is 2.63. The Hall–Kier alpha value is -1.32. The van der Waals surface area contributed by atoms with Gasteiger partial charge in [0.2, 0.25) is 0 Å². The zero-order valence-corrected chi connectivity index (χ0v) is 15.7. The minimum absolute atomic E-state index is 0.701. The fourth-order valence-electron chi connectivity index (χ4n) is 4.45. The van der Waals surface area contributed by atoms with Gasteiger partial charge in [-0.25, -0.2) is 0 Å². The molecule has 0 atom stereocenters. The van der Waals surface area contributed by atoms with Crippen LogP contribution in [0.3, 0.4) is 0 Å². The third kappa shape index (κ3) is 4.09. The van der Waals surface area contributed by atoms with Gasteiger partial charge in [0.25, 0.3) is 0 Å². The van der Waals surface area contributed by atoms with Crippen molar-refractivity contribution in [1.82, 2.24) is 15.1 Å². The summed E-state index contributed by atoms with van der Waals surface area (Å²) in [6.07, 6.45) is 9.95. The van der Waals surface area contributed by atoms with Crippen LogP contribution in [0, 0.1) is 0 Å². The van der Waals surface area contributed by atoms with Crippen LogP contribution in [0.25, 0.3) is 0 Å². The predicted molar refractivity (Wildman–Crippen MR) is 103 cm³/mol. The number of piperidine rings is 1. The van der Waals surface area contributed by atoms with Crippen LogP contribution in [0.4, 0.5) is 0 Å². The average Bonchev–Trinajstić information content (AvgIpc) is 3.06. The largest absolute Gasteiger partial charge is 0.303 e. The van der Waals surface area contributed by atoms with E-state index in [0.717, 1.165) is 11.4 Å². The van der Waals surface area contributed by atoms with Crippen molar-refractivity contribution in [3.8, 4) is 0 Å². The van der Waals surface area contributed by atoms with Crippen LogP contribution in [0.5, 0.6) is 0 Å². The molecule has 0 spiro atoms. The zero-order valence-electron chi connectivity index (χ0n) is 14.9. The van der Waals surface area contributed by atoms with E-state index in [0.29, 0.717) is 5.92 Å². The van der Waals surface area contributed by atoms with Crippen LogP contribution in [-0.2, 0) is 19.3 Å². The number of hydrogen-bond donors (Lipinski definition) is 1. The van der Waals surface area contributed by atoms with Crippen LogP contribution < -0.4 is 0 Å². The lowest BCUT2D eigenvalue weighted by Gasteiger charge is -2.32.